The van der Waals surface area contributed by atoms with Crippen molar-refractivity contribution in [3.8, 4) is 11.4 Å². The van der Waals surface area contributed by atoms with Gasteiger partial charge in [-0.15, -0.1) is 0 Å². The van der Waals surface area contributed by atoms with Crippen LogP contribution in [0, 0.1) is 11.8 Å². The van der Waals surface area contributed by atoms with Gasteiger partial charge in [0.1, 0.15) is 17.2 Å². The number of amides is 1. The van der Waals surface area contributed by atoms with E-state index in [0.29, 0.717) is 64.0 Å². The number of carbonyl (C=O) groups is 1. The lowest BCUT2D eigenvalue weighted by molar-refractivity contribution is -0.137. The first-order valence-corrected chi connectivity index (χ1v) is 13.6. The summed E-state index contributed by atoms with van der Waals surface area (Å²) in [6, 6.07) is 5.85. The number of rotatable bonds is 6. The van der Waals surface area contributed by atoms with Gasteiger partial charge in [0.15, 0.2) is 17.3 Å². The molecule has 6 heterocycles. The Morgan fingerprint density at radius 2 is 1.90 bits per heavy atom. The highest BCUT2D eigenvalue weighted by Crippen LogP contribution is 2.38. The molecule has 0 saturated carbocycles. The lowest BCUT2D eigenvalue weighted by Gasteiger charge is -2.37. The van der Waals surface area contributed by atoms with Gasteiger partial charge in [-0.2, -0.15) is 13.2 Å². The molecular weight excluding hydrogens is 555 g/mol. The average Bonchev–Trinajstić information content (AvgIpc) is 3.24. The van der Waals surface area contributed by atoms with E-state index in [1.54, 1.807) is 6.07 Å². The number of halogens is 3. The number of alkyl halides is 3. The molecule has 0 radical (unpaired) electrons. The molecule has 12 nitrogen and oxygen atoms in total. The molecule has 15 heteroatoms. The Bertz CT molecular complexity index is 1450. The van der Waals surface area contributed by atoms with Crippen LogP contribution in [-0.4, -0.2) is 84.5 Å². The van der Waals surface area contributed by atoms with Gasteiger partial charge in [-0.25, -0.2) is 19.9 Å². The van der Waals surface area contributed by atoms with Gasteiger partial charge in [-0.1, -0.05) is 0 Å². The van der Waals surface area contributed by atoms with Crippen molar-refractivity contribution in [1.82, 2.24) is 19.9 Å². The summed E-state index contributed by atoms with van der Waals surface area (Å²) < 4.78 is 53.3. The fourth-order valence-electron chi connectivity index (χ4n) is 5.73. The predicted octanol–water partition coefficient (Wildman–Crippen LogP) is 2.03. The monoisotopic (exact) mass is 585 g/mol. The quantitative estimate of drug-likeness (QED) is 0.389. The van der Waals surface area contributed by atoms with Crippen LogP contribution >= 0.6 is 0 Å². The molecule has 3 aromatic heterocycles. The van der Waals surface area contributed by atoms with Crippen molar-refractivity contribution >= 4 is 29.0 Å². The van der Waals surface area contributed by atoms with Crippen molar-refractivity contribution in [1.29, 1.82) is 0 Å². The summed E-state index contributed by atoms with van der Waals surface area (Å²) in [6.07, 6.45) is -2.14. The zero-order chi connectivity index (χ0) is 29.4. The minimum atomic E-state index is -4.72. The number of nitrogens with one attached hydrogen (secondary N) is 1. The van der Waals surface area contributed by atoms with Gasteiger partial charge in [-0.3, -0.25) is 4.79 Å². The third-order valence-corrected chi connectivity index (χ3v) is 7.87. The standard InChI is InChI=1S/C27H30F3N9O3/c28-27(29,30)17-3-4-21(38-6-8-41-9-7-38)36-22(17)18-11-34-24(32)23(35-18)26(40)37-25-19(2-1-5-33-25)39-12-15-14-42-20(13-39)16(15)10-31/h1-5,11,15-16,20H,6-10,12-14,31H2,(H2,32,34)(H,33,37,40)/t15-,16?,20-/m1/s1. The number of nitrogens with two attached hydrogens (primary N) is 2. The molecular formula is C27H30F3N9O3. The zero-order valence-electron chi connectivity index (χ0n) is 22.5. The van der Waals surface area contributed by atoms with Gasteiger partial charge in [0.05, 0.1) is 43.4 Å². The number of ether oxygens (including phenoxy) is 2. The molecule has 3 saturated heterocycles. The molecule has 3 aromatic rings. The van der Waals surface area contributed by atoms with E-state index in [1.165, 1.54) is 12.3 Å². The Morgan fingerprint density at radius 3 is 2.64 bits per heavy atom. The predicted molar refractivity (Wildman–Crippen MR) is 148 cm³/mol. The Morgan fingerprint density at radius 1 is 1.10 bits per heavy atom. The van der Waals surface area contributed by atoms with Crippen LogP contribution in [0.5, 0.6) is 0 Å². The van der Waals surface area contributed by atoms with Crippen LogP contribution in [0.25, 0.3) is 11.4 Å². The summed E-state index contributed by atoms with van der Waals surface area (Å²) in [6.45, 7) is 4.22. The van der Waals surface area contributed by atoms with Crippen LogP contribution in [0.4, 0.5) is 36.3 Å². The molecule has 1 amide bonds. The fraction of sp³-hybridized carbons (Fsp3) is 0.444. The first-order valence-electron chi connectivity index (χ1n) is 13.6. The van der Waals surface area contributed by atoms with E-state index in [1.807, 2.05) is 11.0 Å². The number of fused-ring (bicyclic) bond motifs is 2. The minimum Gasteiger partial charge on any atom is -0.382 e. The second-order valence-corrected chi connectivity index (χ2v) is 10.4. The maximum atomic E-state index is 14.0. The summed E-state index contributed by atoms with van der Waals surface area (Å²) in [5.41, 5.74) is 10.6. The molecule has 2 bridgehead atoms. The highest BCUT2D eigenvalue weighted by Gasteiger charge is 2.43. The molecule has 6 rings (SSSR count). The smallest absolute Gasteiger partial charge is 0.382 e. The van der Waals surface area contributed by atoms with Crippen molar-refractivity contribution in [2.75, 3.05) is 73.4 Å². The lowest BCUT2D eigenvalue weighted by atomic mass is 9.86. The van der Waals surface area contributed by atoms with Crippen LogP contribution in [0.15, 0.2) is 36.7 Å². The summed E-state index contributed by atoms with van der Waals surface area (Å²) in [5.74, 6) is 0.0890. The SMILES string of the molecule is NCC1[C@H]2CO[C@@H]1CN(c1cccnc1NC(=O)c1nc(-c3nc(N4CCOCC4)ccc3C(F)(F)F)cnc1N)C2. The molecule has 0 spiro atoms. The van der Waals surface area contributed by atoms with Crippen LogP contribution < -0.4 is 26.6 Å². The first-order chi connectivity index (χ1) is 20.2. The summed E-state index contributed by atoms with van der Waals surface area (Å²) in [5, 5.41) is 2.72. The maximum Gasteiger partial charge on any atom is 0.418 e. The number of nitrogens with zero attached hydrogens (tertiary/aromatic N) is 6. The number of carbonyl (C=O) groups excluding carboxylic acids is 1. The number of piperidine rings is 1. The number of nitrogen functional groups attached to an aromatic ring is 1. The number of hydrogen-bond donors (Lipinski definition) is 3. The molecule has 42 heavy (non-hydrogen) atoms. The van der Waals surface area contributed by atoms with Crippen molar-refractivity contribution in [3.63, 3.8) is 0 Å². The number of pyridine rings is 2. The van der Waals surface area contributed by atoms with Crippen LogP contribution in [0.3, 0.4) is 0 Å². The van der Waals surface area contributed by atoms with E-state index in [2.05, 4.69) is 30.2 Å². The molecule has 3 aliphatic rings. The van der Waals surface area contributed by atoms with E-state index < -0.39 is 23.3 Å². The lowest BCUT2D eigenvalue weighted by Crippen LogP contribution is -2.48. The van der Waals surface area contributed by atoms with E-state index in [9.17, 15) is 18.0 Å². The summed E-state index contributed by atoms with van der Waals surface area (Å²) >= 11 is 0. The van der Waals surface area contributed by atoms with Crippen LogP contribution in [-0.2, 0) is 15.7 Å². The Kier molecular flexibility index (Phi) is 7.55. The van der Waals surface area contributed by atoms with E-state index in [4.69, 9.17) is 20.9 Å². The maximum absolute atomic E-state index is 14.0. The van der Waals surface area contributed by atoms with Gasteiger partial charge in [-0.05, 0) is 30.8 Å². The zero-order valence-corrected chi connectivity index (χ0v) is 22.5. The topological polar surface area (TPSA) is 158 Å². The van der Waals surface area contributed by atoms with Gasteiger partial charge in [0.25, 0.3) is 5.91 Å². The van der Waals surface area contributed by atoms with Crippen LogP contribution in [0.1, 0.15) is 16.1 Å². The third-order valence-electron chi connectivity index (χ3n) is 7.87. The van der Waals surface area contributed by atoms with Crippen molar-refractivity contribution in [2.24, 2.45) is 17.6 Å². The van der Waals surface area contributed by atoms with Gasteiger partial charge >= 0.3 is 6.18 Å². The van der Waals surface area contributed by atoms with E-state index in [-0.39, 0.29) is 41.0 Å². The molecule has 0 aliphatic carbocycles. The largest absolute Gasteiger partial charge is 0.418 e. The van der Waals surface area contributed by atoms with Crippen LogP contribution in [0.2, 0.25) is 0 Å². The van der Waals surface area contributed by atoms with Gasteiger partial charge in [0.2, 0.25) is 0 Å². The normalized spacial score (nSPS) is 22.3. The summed E-state index contributed by atoms with van der Waals surface area (Å²) in [4.78, 5) is 34.2. The van der Waals surface area contributed by atoms with Crippen molar-refractivity contribution < 1.29 is 27.4 Å². The highest BCUT2D eigenvalue weighted by molar-refractivity contribution is 6.06. The molecule has 3 aliphatic heterocycles. The number of morpholine rings is 1. The van der Waals surface area contributed by atoms with Crippen molar-refractivity contribution in [2.45, 2.75) is 12.3 Å². The Balaban J connectivity index is 1.30. The second kappa shape index (κ2) is 11.3. The van der Waals surface area contributed by atoms with E-state index in [0.717, 1.165) is 12.3 Å². The first kappa shape index (κ1) is 28.1. The molecule has 3 atom stereocenters. The molecule has 1 unspecified atom stereocenters. The molecule has 0 aromatic carbocycles. The number of hydrogen-bond acceptors (Lipinski definition) is 11. The number of aromatic nitrogens is 4. The van der Waals surface area contributed by atoms with Crippen molar-refractivity contribution in [3.05, 3.63) is 47.9 Å². The average molecular weight is 586 g/mol. The molecule has 222 valence electrons. The third kappa shape index (κ3) is 5.42. The number of anilines is 4. The fourth-order valence-corrected chi connectivity index (χ4v) is 5.73. The summed E-state index contributed by atoms with van der Waals surface area (Å²) in [7, 11) is 0. The Labute approximate surface area is 239 Å². The van der Waals surface area contributed by atoms with Gasteiger partial charge < -0.3 is 36.1 Å². The minimum absolute atomic E-state index is 0.0285. The van der Waals surface area contributed by atoms with E-state index >= 15 is 0 Å². The molecule has 3 fully saturated rings. The second-order valence-electron chi connectivity index (χ2n) is 10.4. The molecule has 5 N–H and O–H groups in total. The van der Waals surface area contributed by atoms with Gasteiger partial charge in [0, 0.05) is 44.2 Å². The highest BCUT2D eigenvalue weighted by atomic mass is 19.4. The Hall–Kier alpha value is -4.08.